The number of carbonyl (C=O) groups is 1. The maximum absolute atomic E-state index is 15.1. The Kier molecular flexibility index (Phi) is 8.59. The molecule has 3 fully saturated rings. The van der Waals surface area contributed by atoms with E-state index in [2.05, 4.69) is 48.3 Å². The number of piperazine rings is 1. The van der Waals surface area contributed by atoms with Crippen molar-refractivity contribution in [2.45, 2.75) is 31.2 Å². The van der Waals surface area contributed by atoms with Gasteiger partial charge in [0.05, 0.1) is 31.4 Å². The third-order valence-electron chi connectivity index (χ3n) is 8.96. The minimum absolute atomic E-state index is 0.0439. The molecule has 3 saturated heterocycles. The Labute approximate surface area is 267 Å². The first kappa shape index (κ1) is 29.8. The summed E-state index contributed by atoms with van der Waals surface area (Å²) in [6.45, 7) is 6.09. The van der Waals surface area contributed by atoms with Crippen molar-refractivity contribution in [2.24, 2.45) is 0 Å². The number of alkyl halides is 1. The van der Waals surface area contributed by atoms with Gasteiger partial charge in [0, 0.05) is 61.7 Å². The topological polar surface area (TPSA) is 120 Å². The lowest BCUT2D eigenvalue weighted by Crippen LogP contribution is -2.56. The van der Waals surface area contributed by atoms with E-state index in [1.807, 2.05) is 24.3 Å². The molecule has 4 heterocycles. The van der Waals surface area contributed by atoms with Crippen LogP contribution in [0, 0.1) is 11.3 Å². The molecule has 0 bridgehead atoms. The fourth-order valence-corrected chi connectivity index (χ4v) is 6.19. The monoisotopic (exact) mass is 622 g/mol. The van der Waals surface area contributed by atoms with Crippen molar-refractivity contribution in [3.63, 3.8) is 0 Å². The number of nitrogens with one attached hydrogen (secondary N) is 1. The highest BCUT2D eigenvalue weighted by Crippen LogP contribution is 2.29. The van der Waals surface area contributed by atoms with E-state index in [4.69, 9.17) is 9.47 Å². The van der Waals surface area contributed by atoms with Gasteiger partial charge in [0.25, 0.3) is 0 Å². The Morgan fingerprint density at radius 3 is 2.59 bits per heavy atom. The van der Waals surface area contributed by atoms with Crippen LogP contribution in [-0.4, -0.2) is 101 Å². The maximum Gasteiger partial charge on any atom is 0.250 e. The molecule has 12 heteroatoms. The zero-order valence-corrected chi connectivity index (χ0v) is 25.4. The number of allylic oxidation sites excluding steroid dienone is 3. The molecule has 11 nitrogen and oxygen atoms in total. The lowest BCUT2D eigenvalue weighted by molar-refractivity contribution is -0.131. The first-order valence-electron chi connectivity index (χ1n) is 15.7. The molecule has 1 amide bonds. The molecule has 1 N–H and O–H groups in total. The average molecular weight is 623 g/mol. The van der Waals surface area contributed by atoms with E-state index in [1.54, 1.807) is 24.3 Å². The highest BCUT2D eigenvalue weighted by molar-refractivity contribution is 5.94. The van der Waals surface area contributed by atoms with Gasteiger partial charge in [-0.15, -0.1) is 0 Å². The largest absolute Gasteiger partial charge is 0.486 e. The van der Waals surface area contributed by atoms with Crippen molar-refractivity contribution in [3.05, 3.63) is 78.2 Å². The van der Waals surface area contributed by atoms with Gasteiger partial charge in [-0.25, -0.2) is 14.4 Å². The van der Waals surface area contributed by atoms with Crippen LogP contribution in [0.1, 0.15) is 18.4 Å². The van der Waals surface area contributed by atoms with Crippen molar-refractivity contribution in [1.82, 2.24) is 24.8 Å². The van der Waals surface area contributed by atoms with Crippen LogP contribution in [0.4, 0.5) is 21.7 Å². The van der Waals surface area contributed by atoms with Gasteiger partial charge in [0.1, 0.15) is 24.3 Å². The van der Waals surface area contributed by atoms with Crippen LogP contribution in [0.2, 0.25) is 0 Å². The third kappa shape index (κ3) is 6.42. The number of piperidine rings is 1. The summed E-state index contributed by atoms with van der Waals surface area (Å²) in [5, 5.41) is 13.1. The molecule has 1 aromatic heterocycles. The van der Waals surface area contributed by atoms with Gasteiger partial charge in [-0.2, -0.15) is 10.2 Å². The first-order chi connectivity index (χ1) is 22.5. The Morgan fingerprint density at radius 1 is 1.07 bits per heavy atom. The van der Waals surface area contributed by atoms with Gasteiger partial charge in [-0.1, -0.05) is 18.2 Å². The van der Waals surface area contributed by atoms with Crippen molar-refractivity contribution < 1.29 is 18.7 Å². The lowest BCUT2D eigenvalue weighted by Gasteiger charge is -2.43. The molecule has 7 rings (SSSR count). The van der Waals surface area contributed by atoms with Crippen LogP contribution in [-0.2, 0) is 9.53 Å². The van der Waals surface area contributed by atoms with E-state index in [0.717, 1.165) is 45.1 Å². The molecule has 2 atom stereocenters. The number of likely N-dealkylation sites (tertiary alicyclic amines) is 1. The molecule has 0 saturated carbocycles. The second kappa shape index (κ2) is 13.2. The van der Waals surface area contributed by atoms with Gasteiger partial charge in [0.15, 0.2) is 12.0 Å². The number of anilines is 3. The summed E-state index contributed by atoms with van der Waals surface area (Å²) in [4.78, 5) is 32.2. The summed E-state index contributed by atoms with van der Waals surface area (Å²) in [5.74, 6) is 0.907. The molecule has 0 unspecified atom stereocenters. The van der Waals surface area contributed by atoms with Gasteiger partial charge < -0.3 is 24.6 Å². The summed E-state index contributed by atoms with van der Waals surface area (Å²) in [6.07, 6.45) is 5.71. The fourth-order valence-electron chi connectivity index (χ4n) is 6.19. The third-order valence-corrected chi connectivity index (χ3v) is 8.96. The Hall–Kier alpha value is -4.86. The number of rotatable bonds is 8. The second-order valence-electron chi connectivity index (χ2n) is 11.9. The first-order valence-corrected chi connectivity index (χ1v) is 15.7. The highest BCUT2D eigenvalue weighted by Gasteiger charge is 2.34. The minimum Gasteiger partial charge on any atom is -0.486 e. The maximum atomic E-state index is 15.1. The van der Waals surface area contributed by atoms with Gasteiger partial charge in [-0.3, -0.25) is 9.69 Å². The van der Waals surface area contributed by atoms with E-state index in [-0.39, 0.29) is 23.8 Å². The fraction of sp³-hybridized carbons (Fsp3) is 0.382. The van der Waals surface area contributed by atoms with Crippen molar-refractivity contribution in [3.8, 4) is 23.2 Å². The number of nitriles is 1. The second-order valence-corrected chi connectivity index (χ2v) is 11.9. The molecule has 2 aromatic carbocycles. The highest BCUT2D eigenvalue weighted by atomic mass is 19.1. The SMILES string of the molecule is N#Cc1cc(-c2ncnc(Nc3ccc(N4CCN(C5COC5)CC4)cc3)n2)ccc1O[C@H]1CCN(C(=O)C2=CC=CC2)C[C@H]1F. The Balaban J connectivity index is 0.964. The van der Waals surface area contributed by atoms with Gasteiger partial charge in [0.2, 0.25) is 11.9 Å². The number of ether oxygens (including phenoxy) is 2. The van der Waals surface area contributed by atoms with Crippen LogP contribution in [0.15, 0.2) is 72.6 Å². The average Bonchev–Trinajstić information content (AvgIpc) is 3.61. The van der Waals surface area contributed by atoms with Crippen LogP contribution in [0.3, 0.4) is 0 Å². The predicted molar refractivity (Wildman–Crippen MR) is 170 cm³/mol. The lowest BCUT2D eigenvalue weighted by atomic mass is 10.0. The zero-order valence-electron chi connectivity index (χ0n) is 25.4. The zero-order chi connectivity index (χ0) is 31.5. The number of benzene rings is 2. The molecule has 3 aromatic rings. The van der Waals surface area contributed by atoms with Gasteiger partial charge in [-0.05, 0) is 48.9 Å². The standard InChI is InChI=1S/C34H35FN8O3/c35-29-19-43(33(44)23-3-1-2-4-23)12-11-31(29)46-30-10-5-24(17-25(30)18-36)32-37-22-38-34(40-32)39-26-6-8-27(9-7-26)41-13-15-42(16-14-41)28-20-45-21-28/h1-3,5-10,17,22,28-29,31H,4,11-16,19-21H2,(H,37,38,39,40)/t29-,31+/m1/s1. The molecule has 46 heavy (non-hydrogen) atoms. The molecule has 3 aliphatic heterocycles. The van der Waals surface area contributed by atoms with E-state index in [9.17, 15) is 10.1 Å². The van der Waals surface area contributed by atoms with E-state index in [0.29, 0.717) is 48.3 Å². The summed E-state index contributed by atoms with van der Waals surface area (Å²) in [7, 11) is 0. The van der Waals surface area contributed by atoms with Crippen molar-refractivity contribution >= 4 is 23.2 Å². The molecule has 0 spiro atoms. The van der Waals surface area contributed by atoms with Crippen molar-refractivity contribution in [2.75, 3.05) is 62.7 Å². The summed E-state index contributed by atoms with van der Waals surface area (Å²) >= 11 is 0. The summed E-state index contributed by atoms with van der Waals surface area (Å²) in [5.41, 5.74) is 3.54. The Morgan fingerprint density at radius 2 is 1.89 bits per heavy atom. The van der Waals surface area contributed by atoms with E-state index >= 15 is 4.39 Å². The van der Waals surface area contributed by atoms with Gasteiger partial charge >= 0.3 is 0 Å². The smallest absolute Gasteiger partial charge is 0.250 e. The molecular weight excluding hydrogens is 587 g/mol. The molecule has 0 radical (unpaired) electrons. The number of halogens is 1. The Bertz CT molecular complexity index is 1680. The molecule has 1 aliphatic carbocycles. The van der Waals surface area contributed by atoms with Crippen LogP contribution >= 0.6 is 0 Å². The van der Waals surface area contributed by atoms with Crippen LogP contribution < -0.4 is 15.0 Å². The number of aromatic nitrogens is 3. The minimum atomic E-state index is -1.37. The quantitative estimate of drug-likeness (QED) is 0.397. The molecular formula is C34H35FN8O3. The van der Waals surface area contributed by atoms with Crippen LogP contribution in [0.25, 0.3) is 11.4 Å². The normalized spacial score (nSPS) is 21.8. The summed E-state index contributed by atoms with van der Waals surface area (Å²) in [6, 6.07) is 15.9. The molecule has 236 valence electrons. The predicted octanol–water partition coefficient (Wildman–Crippen LogP) is 3.88. The number of amides is 1. The number of hydrogen-bond donors (Lipinski definition) is 1. The molecule has 4 aliphatic rings. The van der Waals surface area contributed by atoms with E-state index < -0.39 is 12.3 Å². The van der Waals surface area contributed by atoms with E-state index in [1.165, 1.54) is 16.9 Å². The number of carbonyl (C=O) groups excluding carboxylic acids is 1. The summed E-state index contributed by atoms with van der Waals surface area (Å²) < 4.78 is 26.4. The number of nitrogens with zero attached hydrogens (tertiary/aromatic N) is 7. The van der Waals surface area contributed by atoms with Crippen LogP contribution in [0.5, 0.6) is 5.75 Å². The number of hydrogen-bond acceptors (Lipinski definition) is 10. The van der Waals surface area contributed by atoms with Crippen molar-refractivity contribution in [1.29, 1.82) is 5.26 Å².